The van der Waals surface area contributed by atoms with Gasteiger partial charge in [0.1, 0.15) is 0 Å². The predicted molar refractivity (Wildman–Crippen MR) is 85.8 cm³/mol. The van der Waals surface area contributed by atoms with Gasteiger partial charge in [0.05, 0.1) is 17.0 Å². The molecule has 1 aliphatic heterocycles. The monoisotopic (exact) mass is 303 g/mol. The zero-order valence-electron chi connectivity index (χ0n) is 12.7. The van der Waals surface area contributed by atoms with Crippen LogP contribution in [0.2, 0.25) is 0 Å². The van der Waals surface area contributed by atoms with Crippen LogP contribution < -0.4 is 9.30 Å². The third-order valence-corrected chi connectivity index (χ3v) is 4.19. The molecular weight excluding hydrogens is 288 g/mol. The molecular formula is C19H15N2O2+. The Labute approximate surface area is 134 Å². The molecule has 112 valence electrons. The summed E-state index contributed by atoms with van der Waals surface area (Å²) in [5.74, 6) is 0.828. The summed E-state index contributed by atoms with van der Waals surface area (Å²) >= 11 is 0. The quantitative estimate of drug-likeness (QED) is 0.683. The van der Waals surface area contributed by atoms with Crippen molar-refractivity contribution < 1.29 is 14.0 Å². The van der Waals surface area contributed by atoms with Crippen LogP contribution in [0.4, 0.5) is 0 Å². The molecule has 0 aliphatic carbocycles. The van der Waals surface area contributed by atoms with Gasteiger partial charge in [-0.25, -0.2) is 0 Å². The van der Waals surface area contributed by atoms with Gasteiger partial charge < -0.3 is 9.47 Å². The van der Waals surface area contributed by atoms with E-state index < -0.39 is 0 Å². The van der Waals surface area contributed by atoms with E-state index in [1.807, 2.05) is 36.4 Å². The van der Waals surface area contributed by atoms with Crippen LogP contribution in [0.1, 0.15) is 11.8 Å². The van der Waals surface area contributed by atoms with Crippen LogP contribution in [0, 0.1) is 11.3 Å². The lowest BCUT2D eigenvalue weighted by atomic mass is 10.0. The molecule has 1 aromatic heterocycles. The van der Waals surface area contributed by atoms with E-state index >= 15 is 0 Å². The van der Waals surface area contributed by atoms with Crippen molar-refractivity contribution in [3.05, 3.63) is 60.2 Å². The van der Waals surface area contributed by atoms with Crippen molar-refractivity contribution in [1.29, 1.82) is 5.26 Å². The molecule has 0 bridgehead atoms. The van der Waals surface area contributed by atoms with Crippen LogP contribution in [0.3, 0.4) is 0 Å². The molecule has 1 aliphatic rings. The van der Waals surface area contributed by atoms with Gasteiger partial charge in [0.15, 0.2) is 6.61 Å². The summed E-state index contributed by atoms with van der Waals surface area (Å²) in [7, 11) is 1.69. The Morgan fingerprint density at radius 3 is 2.70 bits per heavy atom. The number of methoxy groups -OCH3 is 1. The molecule has 2 heterocycles. The van der Waals surface area contributed by atoms with Gasteiger partial charge in [0, 0.05) is 18.7 Å². The Kier molecular flexibility index (Phi) is 3.22. The summed E-state index contributed by atoms with van der Waals surface area (Å²) in [6, 6.07) is 20.0. The number of hydrogen-bond donors (Lipinski definition) is 0. The number of fused-ring (bicyclic) bond motifs is 3. The van der Waals surface area contributed by atoms with Crippen molar-refractivity contribution in [3.8, 4) is 23.2 Å². The summed E-state index contributed by atoms with van der Waals surface area (Å²) < 4.78 is 13.6. The highest BCUT2D eigenvalue weighted by atomic mass is 16.6. The van der Waals surface area contributed by atoms with Crippen LogP contribution in [-0.2, 0) is 4.74 Å². The third kappa shape index (κ3) is 2.14. The number of pyridine rings is 1. The van der Waals surface area contributed by atoms with Crippen molar-refractivity contribution in [2.45, 2.75) is 6.23 Å². The Hall–Kier alpha value is -2.90. The molecule has 4 nitrogen and oxygen atoms in total. The van der Waals surface area contributed by atoms with Crippen molar-refractivity contribution >= 4 is 10.8 Å². The molecule has 1 atom stereocenters. The fourth-order valence-corrected chi connectivity index (χ4v) is 3.04. The Balaban J connectivity index is 2.00. The SMILES string of the molecule is COC1COc2c3ccccc3cc(-c3ccc(C#N)cc3)[n+]21. The van der Waals surface area contributed by atoms with Gasteiger partial charge >= 0.3 is 12.1 Å². The van der Waals surface area contributed by atoms with Crippen molar-refractivity contribution in [2.24, 2.45) is 0 Å². The highest BCUT2D eigenvalue weighted by Gasteiger charge is 2.37. The van der Waals surface area contributed by atoms with E-state index in [4.69, 9.17) is 14.7 Å². The molecule has 4 heteroatoms. The summed E-state index contributed by atoms with van der Waals surface area (Å²) in [5.41, 5.74) is 2.70. The summed E-state index contributed by atoms with van der Waals surface area (Å²) in [6.45, 7) is 0.494. The molecule has 0 saturated carbocycles. The lowest BCUT2D eigenvalue weighted by molar-refractivity contribution is -0.731. The number of ether oxygens (including phenoxy) is 2. The lowest BCUT2D eigenvalue weighted by Gasteiger charge is -2.08. The minimum absolute atomic E-state index is 0.153. The molecule has 2 aromatic carbocycles. The molecule has 0 saturated heterocycles. The Morgan fingerprint density at radius 2 is 1.96 bits per heavy atom. The number of benzene rings is 2. The third-order valence-electron chi connectivity index (χ3n) is 4.19. The van der Waals surface area contributed by atoms with Crippen LogP contribution in [0.15, 0.2) is 54.6 Å². The lowest BCUT2D eigenvalue weighted by Crippen LogP contribution is -2.39. The average Bonchev–Trinajstić information content (AvgIpc) is 3.05. The molecule has 23 heavy (non-hydrogen) atoms. The topological polar surface area (TPSA) is 46.1 Å². The molecule has 4 rings (SSSR count). The first-order chi connectivity index (χ1) is 11.3. The van der Waals surface area contributed by atoms with Gasteiger partial charge in [-0.15, -0.1) is 4.57 Å². The van der Waals surface area contributed by atoms with Gasteiger partial charge in [-0.3, -0.25) is 0 Å². The fourth-order valence-electron chi connectivity index (χ4n) is 3.04. The van der Waals surface area contributed by atoms with Crippen LogP contribution in [0.25, 0.3) is 22.0 Å². The van der Waals surface area contributed by atoms with Crippen molar-refractivity contribution in [3.63, 3.8) is 0 Å². The molecule has 0 N–H and O–H groups in total. The van der Waals surface area contributed by atoms with Crippen LogP contribution >= 0.6 is 0 Å². The first-order valence-electron chi connectivity index (χ1n) is 7.45. The van der Waals surface area contributed by atoms with Gasteiger partial charge in [0.25, 0.3) is 0 Å². The van der Waals surface area contributed by atoms with E-state index in [-0.39, 0.29) is 6.23 Å². The molecule has 3 aromatic rings. The smallest absolute Gasteiger partial charge is 0.379 e. The minimum atomic E-state index is -0.153. The first kappa shape index (κ1) is 13.7. The largest absolute Gasteiger partial charge is 0.434 e. The van der Waals surface area contributed by atoms with Crippen molar-refractivity contribution in [1.82, 2.24) is 0 Å². The van der Waals surface area contributed by atoms with Gasteiger partial charge in [-0.2, -0.15) is 5.26 Å². The maximum Gasteiger partial charge on any atom is 0.379 e. The predicted octanol–water partition coefficient (Wildman–Crippen LogP) is 3.20. The number of hydrogen-bond acceptors (Lipinski definition) is 3. The summed E-state index contributed by atoms with van der Waals surface area (Å²) in [6.07, 6.45) is -0.153. The van der Waals surface area contributed by atoms with Crippen LogP contribution in [0.5, 0.6) is 5.88 Å². The number of nitrogens with zero attached hydrogens (tertiary/aromatic N) is 2. The molecule has 0 amide bonds. The molecule has 0 spiro atoms. The maximum absolute atomic E-state index is 8.98. The highest BCUT2D eigenvalue weighted by Crippen LogP contribution is 2.32. The summed E-state index contributed by atoms with van der Waals surface area (Å²) in [5, 5.41) is 11.2. The first-order valence-corrected chi connectivity index (χ1v) is 7.45. The molecule has 0 fully saturated rings. The zero-order chi connectivity index (χ0) is 15.8. The van der Waals surface area contributed by atoms with Crippen molar-refractivity contribution in [2.75, 3.05) is 13.7 Å². The van der Waals surface area contributed by atoms with Crippen LogP contribution in [-0.4, -0.2) is 13.7 Å². The zero-order valence-corrected chi connectivity index (χ0v) is 12.7. The van der Waals surface area contributed by atoms with E-state index in [1.165, 1.54) is 0 Å². The van der Waals surface area contributed by atoms with E-state index in [9.17, 15) is 0 Å². The summed E-state index contributed by atoms with van der Waals surface area (Å²) in [4.78, 5) is 0. The van der Waals surface area contributed by atoms with E-state index in [1.54, 1.807) is 7.11 Å². The molecule has 1 unspecified atom stereocenters. The van der Waals surface area contributed by atoms with Gasteiger partial charge in [-0.05, 0) is 35.7 Å². The van der Waals surface area contributed by atoms with E-state index in [0.717, 1.165) is 27.9 Å². The normalized spacial score (nSPS) is 15.9. The number of aromatic nitrogens is 1. The van der Waals surface area contributed by atoms with E-state index in [2.05, 4.69) is 28.8 Å². The maximum atomic E-state index is 8.98. The second-order valence-corrected chi connectivity index (χ2v) is 5.48. The highest BCUT2D eigenvalue weighted by molar-refractivity contribution is 5.88. The van der Waals surface area contributed by atoms with E-state index in [0.29, 0.717) is 12.2 Å². The second kappa shape index (κ2) is 5.38. The Bertz CT molecular complexity index is 926. The van der Waals surface area contributed by atoms with Gasteiger partial charge in [0.2, 0.25) is 5.69 Å². The fraction of sp³-hybridized carbons (Fsp3) is 0.158. The van der Waals surface area contributed by atoms with Gasteiger partial charge in [-0.1, -0.05) is 18.2 Å². The minimum Gasteiger partial charge on any atom is -0.434 e. The number of rotatable bonds is 2. The Morgan fingerprint density at radius 1 is 1.17 bits per heavy atom. The second-order valence-electron chi connectivity index (χ2n) is 5.48. The number of nitriles is 1. The average molecular weight is 303 g/mol. The molecule has 0 radical (unpaired) electrons. The standard InChI is InChI=1S/C19H15N2O2/c1-22-18-12-23-19-16-5-3-2-4-15(16)10-17(21(18)19)14-8-6-13(11-20)7-9-14/h2-10,18H,12H2,1H3/q+1.